The maximum absolute atomic E-state index is 10.3. The first kappa shape index (κ1) is 10.7. The Balaban J connectivity index is 2.59. The van der Waals surface area contributed by atoms with Crippen LogP contribution in [0.2, 0.25) is 0 Å². The molecule has 2 aromatic rings. The van der Waals surface area contributed by atoms with Gasteiger partial charge in [0.15, 0.2) is 0 Å². The Labute approximate surface area is 101 Å². The summed E-state index contributed by atoms with van der Waals surface area (Å²) in [7, 11) is 0. The molecule has 0 amide bonds. The summed E-state index contributed by atoms with van der Waals surface area (Å²) in [6.07, 6.45) is 4.74. The Morgan fingerprint density at radius 3 is 2.94 bits per heavy atom. The summed E-state index contributed by atoms with van der Waals surface area (Å²) in [5, 5.41) is 0. The largest absolute Gasteiger partial charge is 0.262 e. The van der Waals surface area contributed by atoms with Gasteiger partial charge in [0.05, 0.1) is 6.20 Å². The van der Waals surface area contributed by atoms with Crippen molar-refractivity contribution >= 4 is 27.7 Å². The average Bonchev–Trinajstić information content (AvgIpc) is 2.30. The van der Waals surface area contributed by atoms with E-state index < -0.39 is 0 Å². The van der Waals surface area contributed by atoms with Crippen LogP contribution >= 0.6 is 15.9 Å². The van der Waals surface area contributed by atoms with E-state index in [0.29, 0.717) is 5.69 Å². The van der Waals surface area contributed by atoms with E-state index in [4.69, 9.17) is 0 Å². The van der Waals surface area contributed by atoms with Crippen molar-refractivity contribution < 1.29 is 4.79 Å². The zero-order valence-corrected chi connectivity index (χ0v) is 9.81. The van der Waals surface area contributed by atoms with E-state index in [1.165, 1.54) is 6.08 Å². The minimum Gasteiger partial charge on any atom is -0.262 e. The number of halogens is 1. The van der Waals surface area contributed by atoms with Crippen LogP contribution in [0.15, 0.2) is 52.2 Å². The van der Waals surface area contributed by atoms with Crippen LogP contribution in [0.1, 0.15) is 0 Å². The van der Waals surface area contributed by atoms with Crippen LogP contribution in [0, 0.1) is 0 Å². The summed E-state index contributed by atoms with van der Waals surface area (Å²) in [4.78, 5) is 17.9. The molecule has 0 radical (unpaired) electrons. The van der Waals surface area contributed by atoms with E-state index in [0.717, 1.165) is 15.6 Å². The summed E-state index contributed by atoms with van der Waals surface area (Å²) in [5.41, 5.74) is 2.36. The van der Waals surface area contributed by atoms with Crippen molar-refractivity contribution in [2.75, 3.05) is 0 Å². The number of benzene rings is 1. The molecule has 1 aromatic heterocycles. The number of aliphatic imine (C=N–C) groups is 1. The number of rotatable bonds is 2. The molecule has 0 aliphatic heterocycles. The fourth-order valence-electron chi connectivity index (χ4n) is 1.42. The molecular formula is C12H7BrN2O. The van der Waals surface area contributed by atoms with E-state index in [-0.39, 0.29) is 0 Å². The zero-order chi connectivity index (χ0) is 11.4. The molecule has 0 aliphatic rings. The van der Waals surface area contributed by atoms with Gasteiger partial charge in [-0.3, -0.25) is 4.98 Å². The quantitative estimate of drug-likeness (QED) is 0.622. The van der Waals surface area contributed by atoms with E-state index in [1.54, 1.807) is 12.4 Å². The van der Waals surface area contributed by atoms with Gasteiger partial charge in [-0.2, -0.15) is 4.99 Å². The van der Waals surface area contributed by atoms with E-state index in [1.807, 2.05) is 30.3 Å². The molecule has 4 heteroatoms. The molecule has 0 aliphatic carbocycles. The van der Waals surface area contributed by atoms with Crippen LogP contribution in [0.3, 0.4) is 0 Å². The zero-order valence-electron chi connectivity index (χ0n) is 8.22. The van der Waals surface area contributed by atoms with Crippen molar-refractivity contribution in [1.82, 2.24) is 4.98 Å². The number of hydrogen-bond acceptors (Lipinski definition) is 3. The number of isocyanates is 1. The van der Waals surface area contributed by atoms with Crippen molar-refractivity contribution in [1.29, 1.82) is 0 Å². The molecule has 0 bridgehead atoms. The molecule has 0 unspecified atom stereocenters. The third-order valence-corrected chi connectivity index (χ3v) is 2.60. The molecule has 0 N–H and O–H groups in total. The molecule has 78 valence electrons. The highest BCUT2D eigenvalue weighted by molar-refractivity contribution is 9.10. The monoisotopic (exact) mass is 274 g/mol. The molecular weight excluding hydrogens is 268 g/mol. The van der Waals surface area contributed by atoms with Gasteiger partial charge in [0.2, 0.25) is 6.08 Å². The van der Waals surface area contributed by atoms with Crippen LogP contribution in [0.5, 0.6) is 0 Å². The maximum atomic E-state index is 10.3. The van der Waals surface area contributed by atoms with Crippen molar-refractivity contribution in [3.63, 3.8) is 0 Å². The van der Waals surface area contributed by atoms with E-state index >= 15 is 0 Å². The molecule has 0 fully saturated rings. The lowest BCUT2D eigenvalue weighted by molar-refractivity contribution is 0.565. The van der Waals surface area contributed by atoms with E-state index in [9.17, 15) is 4.79 Å². The van der Waals surface area contributed by atoms with Gasteiger partial charge in [-0.25, -0.2) is 4.79 Å². The topological polar surface area (TPSA) is 42.3 Å². The summed E-state index contributed by atoms with van der Waals surface area (Å²) in [5.74, 6) is 0. The molecule has 3 nitrogen and oxygen atoms in total. The fourth-order valence-corrected chi connectivity index (χ4v) is 1.82. The standard InChI is InChI=1S/C12H7BrN2O/c13-10-3-1-2-9(6-10)11-4-5-14-7-12(11)15-8-16/h1-7H. The second kappa shape index (κ2) is 4.84. The van der Waals surface area contributed by atoms with Crippen LogP contribution in [0.25, 0.3) is 11.1 Å². The predicted octanol–water partition coefficient (Wildman–Crippen LogP) is 3.48. The molecule has 1 heterocycles. The Morgan fingerprint density at radius 2 is 2.19 bits per heavy atom. The molecule has 0 saturated carbocycles. The van der Waals surface area contributed by atoms with Gasteiger partial charge in [0, 0.05) is 16.2 Å². The molecule has 1 aromatic carbocycles. The highest BCUT2D eigenvalue weighted by Crippen LogP contribution is 2.30. The fraction of sp³-hybridized carbons (Fsp3) is 0. The molecule has 0 saturated heterocycles. The first-order valence-electron chi connectivity index (χ1n) is 4.59. The molecule has 16 heavy (non-hydrogen) atoms. The van der Waals surface area contributed by atoms with Crippen molar-refractivity contribution in [3.8, 4) is 11.1 Å². The van der Waals surface area contributed by atoms with Crippen molar-refractivity contribution in [2.45, 2.75) is 0 Å². The second-order valence-electron chi connectivity index (χ2n) is 3.11. The van der Waals surface area contributed by atoms with Crippen LogP contribution in [-0.4, -0.2) is 11.1 Å². The number of hydrogen-bond donors (Lipinski definition) is 0. The number of pyridine rings is 1. The van der Waals surface area contributed by atoms with Crippen molar-refractivity contribution in [3.05, 3.63) is 47.2 Å². The third kappa shape index (κ3) is 2.24. The lowest BCUT2D eigenvalue weighted by Crippen LogP contribution is -1.80. The lowest BCUT2D eigenvalue weighted by atomic mass is 10.1. The minimum absolute atomic E-state index is 0.524. The van der Waals surface area contributed by atoms with Crippen LogP contribution < -0.4 is 0 Å². The predicted molar refractivity (Wildman–Crippen MR) is 65.2 cm³/mol. The first-order valence-corrected chi connectivity index (χ1v) is 5.38. The number of nitrogens with zero attached hydrogens (tertiary/aromatic N) is 2. The van der Waals surface area contributed by atoms with Gasteiger partial charge in [0.25, 0.3) is 0 Å². The van der Waals surface area contributed by atoms with Gasteiger partial charge in [-0.15, -0.1) is 0 Å². The summed E-state index contributed by atoms with van der Waals surface area (Å²) in [6.45, 7) is 0. The normalized spacial score (nSPS) is 9.56. The number of aromatic nitrogens is 1. The SMILES string of the molecule is O=C=Nc1cnccc1-c1cccc(Br)c1. The van der Waals surface area contributed by atoms with Crippen LogP contribution in [-0.2, 0) is 4.79 Å². The van der Waals surface area contributed by atoms with Gasteiger partial charge in [-0.1, -0.05) is 28.1 Å². The first-order chi connectivity index (χ1) is 7.81. The molecule has 0 spiro atoms. The minimum atomic E-state index is 0.524. The van der Waals surface area contributed by atoms with Gasteiger partial charge in [-0.05, 0) is 23.8 Å². The average molecular weight is 275 g/mol. The Hall–Kier alpha value is -1.77. The van der Waals surface area contributed by atoms with E-state index in [2.05, 4.69) is 25.9 Å². The van der Waals surface area contributed by atoms with Crippen LogP contribution in [0.4, 0.5) is 5.69 Å². The highest BCUT2D eigenvalue weighted by Gasteiger charge is 2.04. The highest BCUT2D eigenvalue weighted by atomic mass is 79.9. The van der Waals surface area contributed by atoms with Gasteiger partial charge >= 0.3 is 0 Å². The maximum Gasteiger partial charge on any atom is 0.240 e. The summed E-state index contributed by atoms with van der Waals surface area (Å²) in [6, 6.07) is 9.59. The second-order valence-corrected chi connectivity index (χ2v) is 4.02. The van der Waals surface area contributed by atoms with Crippen molar-refractivity contribution in [2.24, 2.45) is 4.99 Å². The Morgan fingerprint density at radius 1 is 1.31 bits per heavy atom. The molecule has 2 rings (SSSR count). The van der Waals surface area contributed by atoms with Gasteiger partial charge < -0.3 is 0 Å². The Bertz CT molecular complexity index is 562. The Kier molecular flexibility index (Phi) is 3.25. The smallest absolute Gasteiger partial charge is 0.240 e. The molecule has 0 atom stereocenters. The summed E-state index contributed by atoms with van der Waals surface area (Å²) >= 11 is 3.40. The number of carbonyl (C=O) groups excluding carboxylic acids is 1. The lowest BCUT2D eigenvalue weighted by Gasteiger charge is -2.04. The summed E-state index contributed by atoms with van der Waals surface area (Å²) < 4.78 is 0.975. The third-order valence-electron chi connectivity index (χ3n) is 2.10. The van der Waals surface area contributed by atoms with Gasteiger partial charge in [0.1, 0.15) is 5.69 Å².